The highest BCUT2D eigenvalue weighted by Gasteiger charge is 2.39. The van der Waals surface area contributed by atoms with Crippen molar-refractivity contribution in [2.45, 2.75) is 51.1 Å². The first-order chi connectivity index (χ1) is 15.5. The van der Waals surface area contributed by atoms with Crippen LogP contribution in [0.5, 0.6) is 5.75 Å². The number of hydrogen-bond acceptors (Lipinski definition) is 5. The largest absolute Gasteiger partial charge is 0.484 e. The van der Waals surface area contributed by atoms with Crippen LogP contribution in [0.2, 0.25) is 0 Å². The number of likely N-dealkylation sites (tertiary alicyclic amines) is 1. The first-order valence-corrected chi connectivity index (χ1v) is 12.1. The molecular formula is C25H37N3O4. The molecule has 1 aliphatic carbocycles. The van der Waals surface area contributed by atoms with Gasteiger partial charge in [-0.15, -0.1) is 0 Å². The zero-order valence-electron chi connectivity index (χ0n) is 19.5. The maximum atomic E-state index is 12.6. The number of aryl methyl sites for hydroxylation is 1. The molecule has 2 heterocycles. The molecule has 1 aromatic carbocycles. The van der Waals surface area contributed by atoms with Gasteiger partial charge in [-0.05, 0) is 56.7 Å². The number of likely N-dealkylation sites (N-methyl/N-ethyl adjacent to an activating group) is 1. The highest BCUT2D eigenvalue weighted by molar-refractivity contribution is 5.81. The molecule has 0 bridgehead atoms. The van der Waals surface area contributed by atoms with Crippen molar-refractivity contribution in [1.82, 2.24) is 14.7 Å². The fraction of sp³-hybridized carbons (Fsp3) is 0.680. The van der Waals surface area contributed by atoms with E-state index in [-0.39, 0.29) is 18.4 Å². The van der Waals surface area contributed by atoms with Crippen LogP contribution in [0.1, 0.15) is 37.7 Å². The molecule has 4 rings (SSSR count). The molecule has 1 aromatic rings. The minimum Gasteiger partial charge on any atom is -0.484 e. The summed E-state index contributed by atoms with van der Waals surface area (Å²) in [6.07, 6.45) is 5.16. The Morgan fingerprint density at radius 3 is 2.59 bits per heavy atom. The first kappa shape index (κ1) is 23.1. The van der Waals surface area contributed by atoms with Crippen LogP contribution in [0, 0.1) is 12.8 Å². The molecule has 7 nitrogen and oxygen atoms in total. The zero-order chi connectivity index (χ0) is 22.5. The molecule has 3 fully saturated rings. The molecule has 176 valence electrons. The lowest BCUT2D eigenvalue weighted by atomic mass is 10.0. The molecule has 0 N–H and O–H groups in total. The van der Waals surface area contributed by atoms with Crippen molar-refractivity contribution in [3.05, 3.63) is 29.8 Å². The number of ether oxygens (including phenoxy) is 2. The maximum absolute atomic E-state index is 12.6. The van der Waals surface area contributed by atoms with Gasteiger partial charge in [0.2, 0.25) is 5.91 Å². The van der Waals surface area contributed by atoms with E-state index in [0.29, 0.717) is 24.5 Å². The van der Waals surface area contributed by atoms with Gasteiger partial charge in [-0.25, -0.2) is 0 Å². The summed E-state index contributed by atoms with van der Waals surface area (Å²) in [6.45, 7) is 6.78. The van der Waals surface area contributed by atoms with Gasteiger partial charge in [0.05, 0.1) is 0 Å². The van der Waals surface area contributed by atoms with Gasteiger partial charge in [0.25, 0.3) is 5.91 Å². The predicted octanol–water partition coefficient (Wildman–Crippen LogP) is 2.32. The van der Waals surface area contributed by atoms with Crippen molar-refractivity contribution in [3.63, 3.8) is 0 Å². The van der Waals surface area contributed by atoms with Gasteiger partial charge >= 0.3 is 0 Å². The molecule has 32 heavy (non-hydrogen) atoms. The van der Waals surface area contributed by atoms with Crippen LogP contribution >= 0.6 is 0 Å². The number of benzene rings is 1. The Kier molecular flexibility index (Phi) is 7.68. The summed E-state index contributed by atoms with van der Waals surface area (Å²) in [5.41, 5.74) is 1.11. The minimum absolute atomic E-state index is 0.0182. The summed E-state index contributed by atoms with van der Waals surface area (Å²) in [7, 11) is 1.85. The van der Waals surface area contributed by atoms with Crippen molar-refractivity contribution < 1.29 is 19.1 Å². The standard InChI is InChI=1S/C25H37N3O4/c1-19-4-3-5-23(16-19)32-18-24(29)26(2)12-13-28(21-9-14-31-15-10-21)22-8-11-27(17-22)25(30)20-6-7-20/h3-5,16,20-22H,6-15,17-18H2,1-2H3. The third-order valence-electron chi connectivity index (χ3n) is 7.00. The summed E-state index contributed by atoms with van der Waals surface area (Å²) in [4.78, 5) is 31.6. The molecule has 1 atom stereocenters. The Bertz CT molecular complexity index is 791. The van der Waals surface area contributed by atoms with Crippen molar-refractivity contribution in [2.24, 2.45) is 5.92 Å². The lowest BCUT2D eigenvalue weighted by Gasteiger charge is -2.39. The van der Waals surface area contributed by atoms with E-state index in [1.165, 1.54) is 0 Å². The molecule has 1 unspecified atom stereocenters. The number of rotatable bonds is 9. The van der Waals surface area contributed by atoms with Crippen LogP contribution in [0.15, 0.2) is 24.3 Å². The van der Waals surface area contributed by atoms with Gasteiger partial charge in [-0.2, -0.15) is 0 Å². The Hall–Kier alpha value is -2.12. The van der Waals surface area contributed by atoms with Crippen LogP contribution in [0.4, 0.5) is 0 Å². The number of nitrogens with zero attached hydrogens (tertiary/aromatic N) is 3. The number of hydrogen-bond donors (Lipinski definition) is 0. The van der Waals surface area contributed by atoms with Crippen LogP contribution in [-0.4, -0.2) is 91.6 Å². The zero-order valence-corrected chi connectivity index (χ0v) is 19.5. The topological polar surface area (TPSA) is 62.3 Å². The molecule has 2 aliphatic heterocycles. The summed E-state index contributed by atoms with van der Waals surface area (Å²) in [5, 5.41) is 0. The van der Waals surface area contributed by atoms with E-state index in [9.17, 15) is 9.59 Å². The minimum atomic E-state index is -0.0182. The Morgan fingerprint density at radius 1 is 1.09 bits per heavy atom. The van der Waals surface area contributed by atoms with E-state index < -0.39 is 0 Å². The highest BCUT2D eigenvalue weighted by Crippen LogP contribution is 2.33. The SMILES string of the molecule is Cc1cccc(OCC(=O)N(C)CCN(C2CCOCC2)C2CCN(C(=O)C3CC3)C2)c1. The van der Waals surface area contributed by atoms with Crippen LogP contribution in [-0.2, 0) is 14.3 Å². The van der Waals surface area contributed by atoms with Gasteiger partial charge in [-0.3, -0.25) is 14.5 Å². The van der Waals surface area contributed by atoms with Crippen molar-refractivity contribution >= 4 is 11.8 Å². The predicted molar refractivity (Wildman–Crippen MR) is 123 cm³/mol. The molecule has 0 spiro atoms. The van der Waals surface area contributed by atoms with Gasteiger partial charge < -0.3 is 19.3 Å². The molecule has 2 amide bonds. The summed E-state index contributed by atoms with van der Waals surface area (Å²) >= 11 is 0. The van der Waals surface area contributed by atoms with Crippen molar-refractivity contribution in [2.75, 3.05) is 53.0 Å². The van der Waals surface area contributed by atoms with E-state index in [1.807, 2.05) is 38.2 Å². The van der Waals surface area contributed by atoms with E-state index in [4.69, 9.17) is 9.47 Å². The fourth-order valence-corrected chi connectivity index (χ4v) is 4.83. The number of amides is 2. The van der Waals surface area contributed by atoms with E-state index >= 15 is 0 Å². The Labute approximate surface area is 191 Å². The summed E-state index contributed by atoms with van der Waals surface area (Å²) in [5.74, 6) is 1.33. The van der Waals surface area contributed by atoms with Gasteiger partial charge in [0, 0.05) is 64.4 Å². The fourth-order valence-electron chi connectivity index (χ4n) is 4.83. The molecule has 0 aromatic heterocycles. The lowest BCUT2D eigenvalue weighted by Crippen LogP contribution is -2.50. The van der Waals surface area contributed by atoms with Crippen molar-refractivity contribution in [1.29, 1.82) is 0 Å². The molecule has 3 aliphatic rings. The van der Waals surface area contributed by atoms with Gasteiger partial charge in [0.1, 0.15) is 5.75 Å². The molecule has 0 radical (unpaired) electrons. The average molecular weight is 444 g/mol. The second kappa shape index (κ2) is 10.7. The Morgan fingerprint density at radius 2 is 1.88 bits per heavy atom. The van der Waals surface area contributed by atoms with Gasteiger partial charge in [-0.1, -0.05) is 12.1 Å². The van der Waals surface area contributed by atoms with E-state index in [1.54, 1.807) is 4.90 Å². The third-order valence-corrected chi connectivity index (χ3v) is 7.00. The summed E-state index contributed by atoms with van der Waals surface area (Å²) in [6, 6.07) is 8.58. The summed E-state index contributed by atoms with van der Waals surface area (Å²) < 4.78 is 11.3. The van der Waals surface area contributed by atoms with Crippen LogP contribution in [0.25, 0.3) is 0 Å². The van der Waals surface area contributed by atoms with Crippen LogP contribution in [0.3, 0.4) is 0 Å². The van der Waals surface area contributed by atoms with E-state index in [2.05, 4.69) is 9.80 Å². The van der Waals surface area contributed by atoms with Crippen LogP contribution < -0.4 is 4.74 Å². The Balaban J connectivity index is 1.30. The first-order valence-electron chi connectivity index (χ1n) is 12.1. The third kappa shape index (κ3) is 6.01. The normalized spacial score (nSPS) is 21.7. The molecule has 7 heteroatoms. The maximum Gasteiger partial charge on any atom is 0.260 e. The lowest BCUT2D eigenvalue weighted by molar-refractivity contribution is -0.132. The quantitative estimate of drug-likeness (QED) is 0.586. The number of carbonyl (C=O) groups is 2. The van der Waals surface area contributed by atoms with E-state index in [0.717, 1.165) is 76.3 Å². The van der Waals surface area contributed by atoms with Crippen molar-refractivity contribution in [3.8, 4) is 5.75 Å². The second-order valence-corrected chi connectivity index (χ2v) is 9.50. The monoisotopic (exact) mass is 443 g/mol. The molecular weight excluding hydrogens is 406 g/mol. The average Bonchev–Trinajstić information content (AvgIpc) is 3.55. The molecule has 1 saturated carbocycles. The van der Waals surface area contributed by atoms with Gasteiger partial charge in [0.15, 0.2) is 6.61 Å². The number of carbonyl (C=O) groups excluding carboxylic acids is 2. The second-order valence-electron chi connectivity index (χ2n) is 9.50. The highest BCUT2D eigenvalue weighted by atomic mass is 16.5. The molecule has 2 saturated heterocycles. The smallest absolute Gasteiger partial charge is 0.260 e.